The third-order valence-electron chi connectivity index (χ3n) is 4.48. The number of carbonyl (C=O) groups is 1. The number of nitrogens with one attached hydrogen (secondary N) is 2. The number of carbonyl (C=O) groups excluding carboxylic acids is 1. The maximum absolute atomic E-state index is 12.0. The van der Waals surface area contributed by atoms with Gasteiger partial charge in [-0.15, -0.1) is 0 Å². The molecule has 1 atom stereocenters. The summed E-state index contributed by atoms with van der Waals surface area (Å²) in [5, 5.41) is 6.10. The standard InChI is InChI=1S/C18H26N2O3/c21-18(17-13-22-11-10-19-17)20-12-14-6-8-16(9-7-14)23-15-4-2-1-3-5-15/h6-9,15,17,19H,1-5,10-13H2,(H,20,21). The van der Waals surface area contributed by atoms with Crippen molar-refractivity contribution >= 4 is 5.91 Å². The van der Waals surface area contributed by atoms with Gasteiger partial charge in [0.15, 0.2) is 0 Å². The van der Waals surface area contributed by atoms with Crippen molar-refractivity contribution in [3.63, 3.8) is 0 Å². The zero-order valence-electron chi connectivity index (χ0n) is 13.6. The van der Waals surface area contributed by atoms with E-state index in [-0.39, 0.29) is 11.9 Å². The Kier molecular flexibility index (Phi) is 5.88. The molecule has 1 saturated heterocycles. The molecule has 1 aromatic carbocycles. The van der Waals surface area contributed by atoms with E-state index in [1.54, 1.807) is 0 Å². The first kappa shape index (κ1) is 16.3. The summed E-state index contributed by atoms with van der Waals surface area (Å²) in [7, 11) is 0. The monoisotopic (exact) mass is 318 g/mol. The number of amides is 1. The Bertz CT molecular complexity index is 491. The largest absolute Gasteiger partial charge is 0.490 e. The average Bonchev–Trinajstić information content (AvgIpc) is 2.62. The van der Waals surface area contributed by atoms with E-state index in [0.717, 1.165) is 30.7 Å². The van der Waals surface area contributed by atoms with Gasteiger partial charge in [-0.05, 0) is 43.4 Å². The molecule has 1 aliphatic carbocycles. The molecule has 0 spiro atoms. The van der Waals surface area contributed by atoms with Gasteiger partial charge in [-0.25, -0.2) is 0 Å². The molecule has 1 aromatic rings. The highest BCUT2D eigenvalue weighted by Crippen LogP contribution is 2.23. The lowest BCUT2D eigenvalue weighted by atomic mass is 9.98. The van der Waals surface area contributed by atoms with Gasteiger partial charge in [-0.1, -0.05) is 18.6 Å². The molecule has 1 heterocycles. The van der Waals surface area contributed by atoms with Crippen LogP contribution in [0, 0.1) is 0 Å². The number of morpholine rings is 1. The Morgan fingerprint density at radius 2 is 2.00 bits per heavy atom. The Hall–Kier alpha value is -1.59. The molecule has 0 aromatic heterocycles. The lowest BCUT2D eigenvalue weighted by molar-refractivity contribution is -0.126. The van der Waals surface area contributed by atoms with Gasteiger partial charge in [0.1, 0.15) is 11.8 Å². The molecule has 5 nitrogen and oxygen atoms in total. The van der Waals surface area contributed by atoms with Crippen molar-refractivity contribution in [1.82, 2.24) is 10.6 Å². The molecule has 126 valence electrons. The molecule has 2 fully saturated rings. The minimum absolute atomic E-state index is 0.00719. The number of ether oxygens (including phenoxy) is 2. The topological polar surface area (TPSA) is 59.6 Å². The number of hydrogen-bond acceptors (Lipinski definition) is 4. The summed E-state index contributed by atoms with van der Waals surface area (Å²) in [6, 6.07) is 7.79. The van der Waals surface area contributed by atoms with Crippen LogP contribution in [0.2, 0.25) is 0 Å². The Morgan fingerprint density at radius 1 is 1.22 bits per heavy atom. The SMILES string of the molecule is O=C(NCc1ccc(OC2CCCCC2)cc1)C1COCCN1. The van der Waals surface area contributed by atoms with Crippen LogP contribution in [-0.4, -0.2) is 37.8 Å². The van der Waals surface area contributed by atoms with Crippen molar-refractivity contribution in [3.05, 3.63) is 29.8 Å². The molecule has 5 heteroatoms. The first-order chi connectivity index (χ1) is 11.3. The average molecular weight is 318 g/mol. The van der Waals surface area contributed by atoms with Crippen LogP contribution in [0.3, 0.4) is 0 Å². The van der Waals surface area contributed by atoms with Crippen LogP contribution in [-0.2, 0) is 16.1 Å². The van der Waals surface area contributed by atoms with Crippen LogP contribution in [0.1, 0.15) is 37.7 Å². The fourth-order valence-corrected chi connectivity index (χ4v) is 3.11. The molecule has 1 unspecified atom stereocenters. The van der Waals surface area contributed by atoms with E-state index < -0.39 is 0 Å². The summed E-state index contributed by atoms with van der Waals surface area (Å²) in [4.78, 5) is 12.0. The zero-order valence-corrected chi connectivity index (χ0v) is 13.6. The first-order valence-corrected chi connectivity index (χ1v) is 8.66. The molecule has 3 rings (SSSR count). The minimum atomic E-state index is -0.238. The summed E-state index contributed by atoms with van der Waals surface area (Å²) in [6.45, 7) is 2.37. The zero-order chi connectivity index (χ0) is 15.9. The molecule has 1 amide bonds. The lowest BCUT2D eigenvalue weighted by Gasteiger charge is -2.23. The quantitative estimate of drug-likeness (QED) is 0.872. The highest BCUT2D eigenvalue weighted by atomic mass is 16.5. The van der Waals surface area contributed by atoms with Crippen LogP contribution in [0.5, 0.6) is 5.75 Å². The highest BCUT2D eigenvalue weighted by Gasteiger charge is 2.20. The van der Waals surface area contributed by atoms with Crippen molar-refractivity contribution in [2.75, 3.05) is 19.8 Å². The molecular weight excluding hydrogens is 292 g/mol. The minimum Gasteiger partial charge on any atom is -0.490 e. The first-order valence-electron chi connectivity index (χ1n) is 8.66. The number of rotatable bonds is 5. The van der Waals surface area contributed by atoms with Crippen molar-refractivity contribution < 1.29 is 14.3 Å². The molecule has 0 radical (unpaired) electrons. The molecule has 2 aliphatic rings. The lowest BCUT2D eigenvalue weighted by Crippen LogP contribution is -2.51. The smallest absolute Gasteiger partial charge is 0.239 e. The fourth-order valence-electron chi connectivity index (χ4n) is 3.11. The molecule has 1 aliphatic heterocycles. The van der Waals surface area contributed by atoms with E-state index in [1.165, 1.54) is 19.3 Å². The van der Waals surface area contributed by atoms with Crippen molar-refractivity contribution in [1.29, 1.82) is 0 Å². The summed E-state index contributed by atoms with van der Waals surface area (Å²) in [6.07, 6.45) is 6.57. The van der Waals surface area contributed by atoms with Gasteiger partial charge in [0, 0.05) is 13.1 Å². The second-order valence-electron chi connectivity index (χ2n) is 6.32. The Morgan fingerprint density at radius 3 is 2.70 bits per heavy atom. The van der Waals surface area contributed by atoms with Crippen molar-refractivity contribution in [2.45, 2.75) is 50.8 Å². The van der Waals surface area contributed by atoms with Gasteiger partial charge in [-0.2, -0.15) is 0 Å². The van der Waals surface area contributed by atoms with E-state index >= 15 is 0 Å². The molecule has 0 bridgehead atoms. The Balaban J connectivity index is 1.44. The van der Waals surface area contributed by atoms with Crippen LogP contribution >= 0.6 is 0 Å². The molecule has 2 N–H and O–H groups in total. The van der Waals surface area contributed by atoms with Crippen LogP contribution < -0.4 is 15.4 Å². The van der Waals surface area contributed by atoms with Gasteiger partial charge >= 0.3 is 0 Å². The van der Waals surface area contributed by atoms with E-state index in [9.17, 15) is 4.79 Å². The summed E-state index contributed by atoms with van der Waals surface area (Å²) in [5.41, 5.74) is 1.08. The second-order valence-corrected chi connectivity index (χ2v) is 6.32. The van der Waals surface area contributed by atoms with Crippen LogP contribution in [0.25, 0.3) is 0 Å². The van der Waals surface area contributed by atoms with E-state index in [1.807, 2.05) is 24.3 Å². The fraction of sp³-hybridized carbons (Fsp3) is 0.611. The number of hydrogen-bond donors (Lipinski definition) is 2. The third kappa shape index (κ3) is 4.94. The summed E-state index contributed by atoms with van der Waals surface area (Å²) in [5.74, 6) is 0.918. The van der Waals surface area contributed by atoms with Crippen LogP contribution in [0.15, 0.2) is 24.3 Å². The van der Waals surface area contributed by atoms with E-state index in [4.69, 9.17) is 9.47 Å². The predicted octanol–water partition coefficient (Wildman–Crippen LogP) is 2.00. The van der Waals surface area contributed by atoms with Gasteiger partial charge in [0.25, 0.3) is 0 Å². The molecule has 1 saturated carbocycles. The van der Waals surface area contributed by atoms with Crippen molar-refractivity contribution in [3.8, 4) is 5.75 Å². The van der Waals surface area contributed by atoms with Gasteiger partial charge in [-0.3, -0.25) is 4.79 Å². The van der Waals surface area contributed by atoms with Crippen molar-refractivity contribution in [2.24, 2.45) is 0 Å². The maximum atomic E-state index is 12.0. The Labute approximate surface area is 137 Å². The summed E-state index contributed by atoms with van der Waals surface area (Å²) >= 11 is 0. The second kappa shape index (κ2) is 8.31. The van der Waals surface area contributed by atoms with Gasteiger partial charge in [0.05, 0.1) is 19.3 Å². The molecular formula is C18H26N2O3. The highest BCUT2D eigenvalue weighted by molar-refractivity contribution is 5.81. The maximum Gasteiger partial charge on any atom is 0.239 e. The van der Waals surface area contributed by atoms with E-state index in [2.05, 4.69) is 10.6 Å². The molecule has 23 heavy (non-hydrogen) atoms. The van der Waals surface area contributed by atoms with Gasteiger partial charge < -0.3 is 20.1 Å². The number of benzene rings is 1. The van der Waals surface area contributed by atoms with Gasteiger partial charge in [0.2, 0.25) is 5.91 Å². The van der Waals surface area contributed by atoms with E-state index in [0.29, 0.717) is 25.9 Å². The predicted molar refractivity (Wildman–Crippen MR) is 88.4 cm³/mol. The van der Waals surface area contributed by atoms with Crippen LogP contribution in [0.4, 0.5) is 0 Å². The normalized spacial score (nSPS) is 22.5. The third-order valence-corrected chi connectivity index (χ3v) is 4.48. The summed E-state index contributed by atoms with van der Waals surface area (Å²) < 4.78 is 11.3.